The van der Waals surface area contributed by atoms with Crippen molar-refractivity contribution >= 4 is 17.9 Å². The number of aliphatic imine (C=N–C) groups is 1. The standard InChI is InChI=1S/C31H31F3N2O5/c1-39-26-12-5-11-24(20-26)27-30(29(38)35-21-31(32,33)34,17-6-10-22-8-3-2-4-9-22)36-28(41-27)23-13-15-25(16-14-23)40-19-7-18-37/h2-6,8-16,20,27,37H,7,17-19,21H2,1H3,(H,35,38)/b10-6+/t27-,30-/m1/s1. The Hall–Kier alpha value is -4.31. The van der Waals surface area contributed by atoms with E-state index < -0.39 is 30.3 Å². The predicted molar refractivity (Wildman–Crippen MR) is 149 cm³/mol. The molecular weight excluding hydrogens is 537 g/mol. The van der Waals surface area contributed by atoms with E-state index in [0.717, 1.165) is 5.56 Å². The van der Waals surface area contributed by atoms with Gasteiger partial charge in [0.15, 0.2) is 11.6 Å². The summed E-state index contributed by atoms with van der Waals surface area (Å²) >= 11 is 0. The third-order valence-electron chi connectivity index (χ3n) is 6.41. The summed E-state index contributed by atoms with van der Waals surface area (Å²) in [4.78, 5) is 18.4. The number of rotatable bonds is 12. The molecule has 2 atom stereocenters. The Labute approximate surface area is 236 Å². The number of aliphatic hydroxyl groups excluding tert-OH is 1. The van der Waals surface area contributed by atoms with Gasteiger partial charge in [0, 0.05) is 25.0 Å². The van der Waals surface area contributed by atoms with Gasteiger partial charge in [0.05, 0.1) is 13.7 Å². The molecule has 10 heteroatoms. The zero-order valence-electron chi connectivity index (χ0n) is 22.4. The topological polar surface area (TPSA) is 89.4 Å². The van der Waals surface area contributed by atoms with E-state index in [0.29, 0.717) is 35.7 Å². The first-order valence-electron chi connectivity index (χ1n) is 13.1. The number of ether oxygens (including phenoxy) is 3. The van der Waals surface area contributed by atoms with Crippen molar-refractivity contribution in [2.45, 2.75) is 30.7 Å². The zero-order valence-corrected chi connectivity index (χ0v) is 22.4. The molecule has 2 N–H and O–H groups in total. The molecular formula is C31H31F3N2O5. The first-order valence-corrected chi connectivity index (χ1v) is 13.1. The van der Waals surface area contributed by atoms with Crippen LogP contribution in [0.25, 0.3) is 6.08 Å². The maximum absolute atomic E-state index is 13.7. The van der Waals surface area contributed by atoms with Crippen LogP contribution in [-0.2, 0) is 9.53 Å². The van der Waals surface area contributed by atoms with Crippen LogP contribution in [-0.4, -0.2) is 55.5 Å². The molecule has 1 amide bonds. The van der Waals surface area contributed by atoms with Gasteiger partial charge in [-0.25, -0.2) is 4.99 Å². The van der Waals surface area contributed by atoms with Gasteiger partial charge >= 0.3 is 6.18 Å². The molecule has 0 fully saturated rings. The van der Waals surface area contributed by atoms with E-state index >= 15 is 0 Å². The van der Waals surface area contributed by atoms with E-state index in [4.69, 9.17) is 19.3 Å². The highest BCUT2D eigenvalue weighted by atomic mass is 19.4. The van der Waals surface area contributed by atoms with Crippen LogP contribution >= 0.6 is 0 Å². The minimum atomic E-state index is -4.61. The monoisotopic (exact) mass is 568 g/mol. The Morgan fingerprint density at radius 1 is 1.07 bits per heavy atom. The minimum absolute atomic E-state index is 0.00555. The van der Waals surface area contributed by atoms with E-state index in [1.165, 1.54) is 7.11 Å². The molecule has 7 nitrogen and oxygen atoms in total. The second kappa shape index (κ2) is 13.4. The Kier molecular flexibility index (Phi) is 9.67. The molecule has 0 saturated carbocycles. The molecule has 0 saturated heterocycles. The van der Waals surface area contributed by atoms with E-state index in [9.17, 15) is 18.0 Å². The SMILES string of the molecule is COc1cccc([C@H]2OC(c3ccc(OCCCO)cc3)=N[C@@]2(C/C=C/c2ccccc2)C(=O)NCC(F)(F)F)c1. The molecule has 1 aliphatic rings. The molecule has 3 aromatic carbocycles. The highest BCUT2D eigenvalue weighted by Crippen LogP contribution is 2.43. The predicted octanol–water partition coefficient (Wildman–Crippen LogP) is 5.50. The molecule has 3 aromatic rings. The second-order valence-electron chi connectivity index (χ2n) is 9.38. The van der Waals surface area contributed by atoms with Crippen LogP contribution in [0.1, 0.15) is 35.6 Å². The van der Waals surface area contributed by atoms with Gasteiger partial charge in [-0.05, 0) is 47.5 Å². The van der Waals surface area contributed by atoms with Gasteiger partial charge in [-0.15, -0.1) is 0 Å². The van der Waals surface area contributed by atoms with Crippen LogP contribution in [0.5, 0.6) is 11.5 Å². The third-order valence-corrected chi connectivity index (χ3v) is 6.41. The summed E-state index contributed by atoms with van der Waals surface area (Å²) in [6.07, 6.45) is -1.73. The number of hydrogen-bond donors (Lipinski definition) is 2. The number of amides is 1. The van der Waals surface area contributed by atoms with Crippen molar-refractivity contribution in [1.29, 1.82) is 0 Å². The van der Waals surface area contributed by atoms with Crippen molar-refractivity contribution < 1.29 is 37.3 Å². The van der Waals surface area contributed by atoms with Crippen LogP contribution in [0.15, 0.2) is 89.9 Å². The van der Waals surface area contributed by atoms with Crippen molar-refractivity contribution in [1.82, 2.24) is 5.32 Å². The van der Waals surface area contributed by atoms with Crippen LogP contribution < -0.4 is 14.8 Å². The van der Waals surface area contributed by atoms with E-state index in [2.05, 4.69) is 4.99 Å². The van der Waals surface area contributed by atoms with Gasteiger partial charge in [0.25, 0.3) is 5.91 Å². The number of hydrogen-bond acceptors (Lipinski definition) is 6. The molecule has 0 radical (unpaired) electrons. The first-order chi connectivity index (χ1) is 19.7. The van der Waals surface area contributed by atoms with Crippen molar-refractivity contribution in [2.75, 3.05) is 26.9 Å². The summed E-state index contributed by atoms with van der Waals surface area (Å²) in [5.41, 5.74) is 0.137. The Morgan fingerprint density at radius 2 is 1.83 bits per heavy atom. The number of methoxy groups -OCH3 is 1. The lowest BCUT2D eigenvalue weighted by atomic mass is 9.84. The lowest BCUT2D eigenvalue weighted by Crippen LogP contribution is -2.50. The Morgan fingerprint density at radius 3 is 2.51 bits per heavy atom. The summed E-state index contributed by atoms with van der Waals surface area (Å²) < 4.78 is 56.7. The normalized spacial score (nSPS) is 18.6. The average Bonchev–Trinajstić information content (AvgIpc) is 3.37. The smallest absolute Gasteiger partial charge is 0.405 e. The van der Waals surface area contributed by atoms with Crippen molar-refractivity contribution in [3.8, 4) is 11.5 Å². The van der Waals surface area contributed by atoms with Crippen molar-refractivity contribution in [3.05, 3.63) is 102 Å². The maximum Gasteiger partial charge on any atom is 0.405 e. The van der Waals surface area contributed by atoms with Gasteiger partial charge in [0.1, 0.15) is 18.0 Å². The second-order valence-corrected chi connectivity index (χ2v) is 9.38. The highest BCUT2D eigenvalue weighted by Gasteiger charge is 2.53. The largest absolute Gasteiger partial charge is 0.497 e. The fraction of sp³-hybridized carbons (Fsp3) is 0.290. The molecule has 0 unspecified atom stereocenters. The zero-order chi connectivity index (χ0) is 29.3. The Balaban J connectivity index is 1.75. The Bertz CT molecular complexity index is 1360. The summed E-state index contributed by atoms with van der Waals surface area (Å²) in [6, 6.07) is 22.9. The number of carbonyl (C=O) groups is 1. The number of nitrogens with one attached hydrogen (secondary N) is 1. The van der Waals surface area contributed by atoms with Crippen LogP contribution in [0.3, 0.4) is 0 Å². The number of alkyl halides is 3. The van der Waals surface area contributed by atoms with Crippen molar-refractivity contribution in [2.24, 2.45) is 4.99 Å². The van der Waals surface area contributed by atoms with Gasteiger partial charge in [0.2, 0.25) is 5.90 Å². The highest BCUT2D eigenvalue weighted by molar-refractivity contribution is 6.01. The molecule has 4 rings (SSSR count). The molecule has 1 aliphatic heterocycles. The summed E-state index contributed by atoms with van der Waals surface area (Å²) in [5.74, 6) is 0.243. The number of nitrogens with zero attached hydrogens (tertiary/aromatic N) is 1. The number of carbonyl (C=O) groups excluding carboxylic acids is 1. The fourth-order valence-electron chi connectivity index (χ4n) is 4.39. The average molecular weight is 569 g/mol. The van der Waals surface area contributed by atoms with E-state index in [1.807, 2.05) is 35.6 Å². The molecule has 216 valence electrons. The van der Waals surface area contributed by atoms with E-state index in [-0.39, 0.29) is 18.9 Å². The number of halogens is 3. The maximum atomic E-state index is 13.7. The van der Waals surface area contributed by atoms with Gasteiger partial charge in [-0.1, -0.05) is 54.6 Å². The molecule has 0 aliphatic carbocycles. The molecule has 0 spiro atoms. The summed E-state index contributed by atoms with van der Waals surface area (Å²) in [6.45, 7) is -1.17. The fourth-order valence-corrected chi connectivity index (χ4v) is 4.39. The van der Waals surface area contributed by atoms with E-state index in [1.54, 1.807) is 60.7 Å². The van der Waals surface area contributed by atoms with Crippen LogP contribution in [0, 0.1) is 0 Å². The van der Waals surface area contributed by atoms with Gasteiger partial charge in [-0.3, -0.25) is 4.79 Å². The molecule has 0 bridgehead atoms. The van der Waals surface area contributed by atoms with Gasteiger partial charge < -0.3 is 24.6 Å². The van der Waals surface area contributed by atoms with Crippen molar-refractivity contribution in [3.63, 3.8) is 0 Å². The summed E-state index contributed by atoms with van der Waals surface area (Å²) in [7, 11) is 1.49. The minimum Gasteiger partial charge on any atom is -0.497 e. The lowest BCUT2D eigenvalue weighted by molar-refractivity contribution is -0.143. The lowest BCUT2D eigenvalue weighted by Gasteiger charge is -2.30. The quantitative estimate of drug-likeness (QED) is 0.282. The number of aliphatic hydroxyl groups is 1. The molecule has 41 heavy (non-hydrogen) atoms. The van der Waals surface area contributed by atoms with Crippen LogP contribution in [0.2, 0.25) is 0 Å². The molecule has 1 heterocycles. The first kappa shape index (κ1) is 29.7. The third kappa shape index (κ3) is 7.67. The van der Waals surface area contributed by atoms with Crippen LogP contribution in [0.4, 0.5) is 13.2 Å². The molecule has 0 aromatic heterocycles. The summed E-state index contributed by atoms with van der Waals surface area (Å²) in [5, 5.41) is 11.0. The van der Waals surface area contributed by atoms with Gasteiger partial charge in [-0.2, -0.15) is 13.2 Å². The number of benzene rings is 3.